The largest absolute Gasteiger partial charge is 0.368 e. The zero-order chi connectivity index (χ0) is 11.4. The fourth-order valence-electron chi connectivity index (χ4n) is 1.00. The molecule has 0 amide bonds. The highest BCUT2D eigenvalue weighted by atomic mass is 16.6. The van der Waals surface area contributed by atoms with Crippen LogP contribution in [0.3, 0.4) is 0 Å². The molecule has 14 heavy (non-hydrogen) atoms. The lowest BCUT2D eigenvalue weighted by molar-refractivity contribution is -0.130. The number of hydrogen-bond donors (Lipinski definition) is 1. The van der Waals surface area contributed by atoms with Gasteiger partial charge in [-0.05, 0) is 17.3 Å². The lowest BCUT2D eigenvalue weighted by Crippen LogP contribution is -2.24. The van der Waals surface area contributed by atoms with Crippen molar-refractivity contribution >= 4 is 0 Å². The summed E-state index contributed by atoms with van der Waals surface area (Å²) in [6.45, 7) is 13.4. The van der Waals surface area contributed by atoms with E-state index in [0.717, 1.165) is 6.42 Å². The van der Waals surface area contributed by atoms with Crippen molar-refractivity contribution in [3.05, 3.63) is 0 Å². The minimum Gasteiger partial charge on any atom is -0.368 e. The van der Waals surface area contributed by atoms with Crippen molar-refractivity contribution in [3.8, 4) is 0 Å². The number of rotatable bonds is 5. The molecule has 0 bridgehead atoms. The van der Waals surface area contributed by atoms with Gasteiger partial charge in [-0.25, -0.2) is 0 Å². The summed E-state index contributed by atoms with van der Waals surface area (Å²) >= 11 is 0. The third-order valence-electron chi connectivity index (χ3n) is 2.42. The molecule has 2 nitrogen and oxygen atoms in total. The van der Waals surface area contributed by atoms with Gasteiger partial charge in [-0.1, -0.05) is 41.5 Å². The standard InChI is InChI=1S/C12H26O2/c1-9(2)10(3)7-11(13)14-8-12(4,5)6/h9-11,13H,7-8H2,1-6H3. The van der Waals surface area contributed by atoms with Gasteiger partial charge in [0.25, 0.3) is 0 Å². The minimum atomic E-state index is -0.605. The Kier molecular flexibility index (Phi) is 5.68. The Morgan fingerprint density at radius 3 is 2.00 bits per heavy atom. The van der Waals surface area contributed by atoms with Gasteiger partial charge in [-0.3, -0.25) is 0 Å². The minimum absolute atomic E-state index is 0.127. The molecule has 2 heteroatoms. The Balaban J connectivity index is 3.71. The van der Waals surface area contributed by atoms with E-state index in [-0.39, 0.29) is 5.41 Å². The van der Waals surface area contributed by atoms with E-state index < -0.39 is 6.29 Å². The quantitative estimate of drug-likeness (QED) is 0.694. The van der Waals surface area contributed by atoms with Crippen LogP contribution >= 0.6 is 0 Å². The van der Waals surface area contributed by atoms with Gasteiger partial charge < -0.3 is 9.84 Å². The number of aliphatic hydroxyl groups is 1. The van der Waals surface area contributed by atoms with Crippen molar-refractivity contribution in [2.24, 2.45) is 17.3 Å². The maximum Gasteiger partial charge on any atom is 0.154 e. The average molecular weight is 202 g/mol. The van der Waals surface area contributed by atoms with Crippen LogP contribution in [0, 0.1) is 17.3 Å². The van der Waals surface area contributed by atoms with Gasteiger partial charge in [0.05, 0.1) is 6.61 Å². The van der Waals surface area contributed by atoms with Crippen LogP contribution in [0.2, 0.25) is 0 Å². The molecule has 0 fully saturated rings. The summed E-state index contributed by atoms with van der Waals surface area (Å²) in [4.78, 5) is 0. The Labute approximate surface area is 88.7 Å². The van der Waals surface area contributed by atoms with E-state index in [9.17, 15) is 5.11 Å². The smallest absolute Gasteiger partial charge is 0.154 e. The third kappa shape index (κ3) is 7.34. The molecule has 0 saturated carbocycles. The molecule has 86 valence electrons. The van der Waals surface area contributed by atoms with Crippen LogP contribution in [0.25, 0.3) is 0 Å². The fraction of sp³-hybridized carbons (Fsp3) is 1.00. The van der Waals surface area contributed by atoms with Crippen molar-refractivity contribution in [2.45, 2.75) is 54.3 Å². The monoisotopic (exact) mass is 202 g/mol. The molecule has 0 aliphatic carbocycles. The third-order valence-corrected chi connectivity index (χ3v) is 2.42. The van der Waals surface area contributed by atoms with E-state index in [0.29, 0.717) is 18.4 Å². The Morgan fingerprint density at radius 2 is 1.64 bits per heavy atom. The molecule has 0 heterocycles. The summed E-state index contributed by atoms with van der Waals surface area (Å²) in [5.74, 6) is 1.10. The summed E-state index contributed by atoms with van der Waals surface area (Å²) in [5.41, 5.74) is 0.127. The molecule has 0 rings (SSSR count). The van der Waals surface area contributed by atoms with Crippen LogP contribution in [-0.4, -0.2) is 18.0 Å². The number of aliphatic hydroxyl groups excluding tert-OH is 1. The summed E-state index contributed by atoms with van der Waals surface area (Å²) in [7, 11) is 0. The first kappa shape index (κ1) is 13.9. The molecule has 0 saturated heterocycles. The van der Waals surface area contributed by atoms with Gasteiger partial charge in [-0.15, -0.1) is 0 Å². The van der Waals surface area contributed by atoms with Crippen LogP contribution in [-0.2, 0) is 4.74 Å². The van der Waals surface area contributed by atoms with Crippen molar-refractivity contribution < 1.29 is 9.84 Å². The molecule has 0 aliphatic heterocycles. The van der Waals surface area contributed by atoms with Crippen molar-refractivity contribution in [1.29, 1.82) is 0 Å². The van der Waals surface area contributed by atoms with E-state index in [1.54, 1.807) is 0 Å². The predicted octanol–water partition coefficient (Wildman–Crippen LogP) is 3.05. The highest BCUT2D eigenvalue weighted by molar-refractivity contribution is 4.62. The molecular formula is C12H26O2. The topological polar surface area (TPSA) is 29.5 Å². The fourth-order valence-corrected chi connectivity index (χ4v) is 1.00. The summed E-state index contributed by atoms with van der Waals surface area (Å²) in [6, 6.07) is 0. The predicted molar refractivity (Wildman–Crippen MR) is 60.0 cm³/mol. The van der Waals surface area contributed by atoms with Crippen molar-refractivity contribution in [3.63, 3.8) is 0 Å². The van der Waals surface area contributed by atoms with Gasteiger partial charge >= 0.3 is 0 Å². The lowest BCUT2D eigenvalue weighted by Gasteiger charge is -2.24. The van der Waals surface area contributed by atoms with Gasteiger partial charge in [0.15, 0.2) is 6.29 Å². The normalized spacial score (nSPS) is 17.1. The molecule has 0 aromatic carbocycles. The average Bonchev–Trinajstić information content (AvgIpc) is 1.99. The molecule has 0 aromatic rings. The SMILES string of the molecule is CC(C)C(C)CC(O)OCC(C)(C)C. The zero-order valence-corrected chi connectivity index (χ0v) is 10.5. The highest BCUT2D eigenvalue weighted by Crippen LogP contribution is 2.19. The van der Waals surface area contributed by atoms with Crippen LogP contribution in [0.5, 0.6) is 0 Å². The molecule has 0 radical (unpaired) electrons. The summed E-state index contributed by atoms with van der Waals surface area (Å²) < 4.78 is 5.38. The first-order valence-electron chi connectivity index (χ1n) is 5.52. The first-order chi connectivity index (χ1) is 6.22. The van der Waals surface area contributed by atoms with Crippen LogP contribution < -0.4 is 0 Å². The van der Waals surface area contributed by atoms with Gasteiger partial charge in [0.2, 0.25) is 0 Å². The molecule has 2 atom stereocenters. The lowest BCUT2D eigenvalue weighted by atomic mass is 9.94. The van der Waals surface area contributed by atoms with Gasteiger partial charge in [0, 0.05) is 6.42 Å². The second-order valence-corrected chi connectivity index (χ2v) is 5.78. The van der Waals surface area contributed by atoms with Crippen LogP contribution in [0.15, 0.2) is 0 Å². The Bertz CT molecular complexity index is 147. The molecule has 2 unspecified atom stereocenters. The Morgan fingerprint density at radius 1 is 1.14 bits per heavy atom. The summed E-state index contributed by atoms with van der Waals surface area (Å²) in [5, 5.41) is 9.61. The maximum atomic E-state index is 9.61. The highest BCUT2D eigenvalue weighted by Gasteiger charge is 2.17. The van der Waals surface area contributed by atoms with E-state index in [1.165, 1.54) is 0 Å². The second kappa shape index (κ2) is 5.72. The van der Waals surface area contributed by atoms with Crippen molar-refractivity contribution in [2.75, 3.05) is 6.61 Å². The van der Waals surface area contributed by atoms with Gasteiger partial charge in [-0.2, -0.15) is 0 Å². The molecule has 1 N–H and O–H groups in total. The van der Waals surface area contributed by atoms with E-state index in [2.05, 4.69) is 41.5 Å². The number of ether oxygens (including phenoxy) is 1. The zero-order valence-electron chi connectivity index (χ0n) is 10.5. The van der Waals surface area contributed by atoms with Crippen molar-refractivity contribution in [1.82, 2.24) is 0 Å². The second-order valence-electron chi connectivity index (χ2n) is 5.78. The van der Waals surface area contributed by atoms with Crippen LogP contribution in [0.4, 0.5) is 0 Å². The van der Waals surface area contributed by atoms with Crippen LogP contribution in [0.1, 0.15) is 48.0 Å². The number of hydrogen-bond acceptors (Lipinski definition) is 2. The first-order valence-corrected chi connectivity index (χ1v) is 5.52. The maximum absolute atomic E-state index is 9.61. The van der Waals surface area contributed by atoms with E-state index in [1.807, 2.05) is 0 Å². The Hall–Kier alpha value is -0.0800. The van der Waals surface area contributed by atoms with E-state index >= 15 is 0 Å². The van der Waals surface area contributed by atoms with Gasteiger partial charge in [0.1, 0.15) is 0 Å². The molecule has 0 aliphatic rings. The molecular weight excluding hydrogens is 176 g/mol. The summed E-state index contributed by atoms with van der Waals surface area (Å²) in [6.07, 6.45) is 0.125. The van der Waals surface area contributed by atoms with E-state index in [4.69, 9.17) is 4.74 Å². The molecule has 0 aromatic heterocycles. The molecule has 0 spiro atoms.